The zero-order valence-electron chi connectivity index (χ0n) is 18.0. The fourth-order valence-electron chi connectivity index (χ4n) is 3.22. The summed E-state index contributed by atoms with van der Waals surface area (Å²) in [7, 11) is 0. The van der Waals surface area contributed by atoms with Gasteiger partial charge >= 0.3 is 6.18 Å². The number of pyridine rings is 1. The lowest BCUT2D eigenvalue weighted by molar-refractivity contribution is -0.142. The summed E-state index contributed by atoms with van der Waals surface area (Å²) < 4.78 is 73.4. The van der Waals surface area contributed by atoms with Crippen molar-refractivity contribution in [3.63, 3.8) is 0 Å². The molecule has 0 unspecified atom stereocenters. The number of nitriles is 1. The Bertz CT molecular complexity index is 1340. The molecule has 0 atom stereocenters. The van der Waals surface area contributed by atoms with Gasteiger partial charge in [0.1, 0.15) is 10.9 Å². The van der Waals surface area contributed by atoms with Crippen molar-refractivity contribution in [2.75, 3.05) is 0 Å². The number of aryl methyl sites for hydroxylation is 2. The van der Waals surface area contributed by atoms with Crippen LogP contribution in [0.1, 0.15) is 45.6 Å². The first kappa shape index (κ1) is 25.1. The minimum Gasteiger partial charge on any atom is -0.449 e. The summed E-state index contributed by atoms with van der Waals surface area (Å²) in [4.78, 5) is 20.5. The number of ether oxygens (including phenoxy) is 1. The number of rotatable bonds is 5. The van der Waals surface area contributed by atoms with Crippen molar-refractivity contribution in [3.05, 3.63) is 79.2 Å². The van der Waals surface area contributed by atoms with E-state index in [9.17, 15) is 32.0 Å². The van der Waals surface area contributed by atoms with E-state index in [2.05, 4.69) is 9.97 Å². The molecule has 1 aromatic carbocycles. The molecule has 12 heteroatoms. The van der Waals surface area contributed by atoms with Crippen LogP contribution in [0.25, 0.3) is 0 Å². The molecule has 0 aliphatic carbocycles. The topological polar surface area (TPSA) is 80.8 Å². The van der Waals surface area contributed by atoms with Gasteiger partial charge in [-0.25, -0.2) is 18.7 Å². The molecular formula is C22H16ClF5N4O2. The van der Waals surface area contributed by atoms with Crippen LogP contribution in [0.4, 0.5) is 22.0 Å². The Morgan fingerprint density at radius 1 is 1.21 bits per heavy atom. The first-order chi connectivity index (χ1) is 15.8. The number of hydrogen-bond acceptors (Lipinski definition) is 5. The van der Waals surface area contributed by atoms with Gasteiger partial charge in [-0.15, -0.1) is 0 Å². The Kier molecular flexibility index (Phi) is 6.93. The van der Waals surface area contributed by atoms with Crippen LogP contribution in [-0.2, 0) is 12.7 Å². The number of benzene rings is 1. The van der Waals surface area contributed by atoms with Gasteiger partial charge in [0.2, 0.25) is 5.75 Å². The summed E-state index contributed by atoms with van der Waals surface area (Å²) in [6.07, 6.45) is -7.42. The summed E-state index contributed by atoms with van der Waals surface area (Å²) in [5.74, 6) is -1.72. The second kappa shape index (κ2) is 9.38. The van der Waals surface area contributed by atoms with Crippen molar-refractivity contribution in [1.82, 2.24) is 14.5 Å². The van der Waals surface area contributed by atoms with Crippen molar-refractivity contribution in [1.29, 1.82) is 5.26 Å². The van der Waals surface area contributed by atoms with Crippen molar-refractivity contribution < 1.29 is 26.7 Å². The molecule has 3 rings (SSSR count). The van der Waals surface area contributed by atoms with Crippen LogP contribution >= 0.6 is 11.6 Å². The van der Waals surface area contributed by atoms with E-state index in [0.29, 0.717) is 23.1 Å². The molecule has 0 N–H and O–H groups in total. The van der Waals surface area contributed by atoms with E-state index < -0.39 is 40.9 Å². The SMILES string of the molecule is Cc1cc(C)c(Cn2cnc(C(F)(F)F)c(Oc3cc(C(F)F)cc(C#N)c3C)c2=O)c(Cl)n1. The summed E-state index contributed by atoms with van der Waals surface area (Å²) in [6, 6.07) is 5.04. The molecule has 0 bridgehead atoms. The van der Waals surface area contributed by atoms with Gasteiger partial charge < -0.3 is 4.74 Å². The van der Waals surface area contributed by atoms with Crippen molar-refractivity contribution in [3.8, 4) is 17.6 Å². The Balaban J connectivity index is 2.19. The van der Waals surface area contributed by atoms with Crippen LogP contribution in [0.2, 0.25) is 5.15 Å². The molecule has 34 heavy (non-hydrogen) atoms. The standard InChI is InChI=1S/C22H16ClF5N4O2/c1-10-4-11(2)31-19(23)15(10)8-32-9-30-18(22(26,27)28)17(21(32)33)34-16-6-13(20(24)25)5-14(7-29)12(16)3/h4-6,9,20H,8H2,1-3H3. The highest BCUT2D eigenvalue weighted by molar-refractivity contribution is 6.30. The lowest BCUT2D eigenvalue weighted by Gasteiger charge is -2.17. The molecule has 0 aliphatic rings. The van der Waals surface area contributed by atoms with Crippen molar-refractivity contribution >= 4 is 11.6 Å². The lowest BCUT2D eigenvalue weighted by Crippen LogP contribution is -2.27. The highest BCUT2D eigenvalue weighted by Gasteiger charge is 2.39. The third-order valence-corrected chi connectivity index (χ3v) is 5.30. The van der Waals surface area contributed by atoms with Gasteiger partial charge in [0.25, 0.3) is 12.0 Å². The average molecular weight is 499 g/mol. The van der Waals surface area contributed by atoms with Crippen molar-refractivity contribution in [2.45, 2.75) is 39.9 Å². The average Bonchev–Trinajstić information content (AvgIpc) is 2.73. The molecular weight excluding hydrogens is 483 g/mol. The lowest BCUT2D eigenvalue weighted by atomic mass is 10.0. The predicted molar refractivity (Wildman–Crippen MR) is 112 cm³/mol. The van der Waals surface area contributed by atoms with Crippen LogP contribution in [0.5, 0.6) is 11.5 Å². The van der Waals surface area contributed by atoms with Gasteiger partial charge in [0.15, 0.2) is 5.69 Å². The largest absolute Gasteiger partial charge is 0.449 e. The molecule has 178 valence electrons. The fourth-order valence-corrected chi connectivity index (χ4v) is 3.56. The Hall–Kier alpha value is -3.52. The highest BCUT2D eigenvalue weighted by Crippen LogP contribution is 2.37. The van der Waals surface area contributed by atoms with E-state index in [1.54, 1.807) is 26.0 Å². The summed E-state index contributed by atoms with van der Waals surface area (Å²) in [5, 5.41) is 9.27. The molecule has 6 nitrogen and oxygen atoms in total. The number of alkyl halides is 5. The third kappa shape index (κ3) is 5.02. The maximum absolute atomic E-state index is 13.6. The first-order valence-corrected chi connectivity index (χ1v) is 10.0. The molecule has 2 aromatic heterocycles. The van der Waals surface area contributed by atoms with Crippen LogP contribution in [0, 0.1) is 32.1 Å². The molecule has 2 heterocycles. The summed E-state index contributed by atoms with van der Waals surface area (Å²) in [6.45, 7) is 4.43. The van der Waals surface area contributed by atoms with E-state index in [1.165, 1.54) is 6.92 Å². The quantitative estimate of drug-likeness (QED) is 0.324. The molecule has 0 saturated carbocycles. The normalized spacial score (nSPS) is 11.6. The summed E-state index contributed by atoms with van der Waals surface area (Å²) in [5.41, 5.74) is -2.14. The zero-order chi connectivity index (χ0) is 25.4. The second-order valence-corrected chi connectivity index (χ2v) is 7.77. The minimum absolute atomic E-state index is 0.0172. The van der Waals surface area contributed by atoms with Crippen LogP contribution in [0.15, 0.2) is 29.3 Å². The van der Waals surface area contributed by atoms with E-state index >= 15 is 0 Å². The van der Waals surface area contributed by atoms with E-state index in [4.69, 9.17) is 16.3 Å². The predicted octanol–water partition coefficient (Wildman–Crippen LogP) is 5.89. The van der Waals surface area contributed by atoms with Gasteiger partial charge in [-0.2, -0.15) is 18.4 Å². The Morgan fingerprint density at radius 3 is 2.44 bits per heavy atom. The minimum atomic E-state index is -5.08. The van der Waals surface area contributed by atoms with Crippen LogP contribution in [-0.4, -0.2) is 14.5 Å². The van der Waals surface area contributed by atoms with Crippen molar-refractivity contribution in [2.24, 2.45) is 0 Å². The van der Waals surface area contributed by atoms with Crippen LogP contribution in [0.3, 0.4) is 0 Å². The van der Waals surface area contributed by atoms with Gasteiger partial charge in [0, 0.05) is 22.4 Å². The van der Waals surface area contributed by atoms with E-state index in [0.717, 1.165) is 16.7 Å². The number of aromatic nitrogens is 3. The highest BCUT2D eigenvalue weighted by atomic mass is 35.5. The number of halogens is 6. The second-order valence-electron chi connectivity index (χ2n) is 7.41. The van der Waals surface area contributed by atoms with E-state index in [-0.39, 0.29) is 22.8 Å². The molecule has 0 radical (unpaired) electrons. The Labute approximate surface area is 195 Å². The maximum Gasteiger partial charge on any atom is 0.437 e. The fraction of sp³-hybridized carbons (Fsp3) is 0.273. The zero-order valence-corrected chi connectivity index (χ0v) is 18.7. The molecule has 0 spiro atoms. The molecule has 0 fully saturated rings. The monoisotopic (exact) mass is 498 g/mol. The van der Waals surface area contributed by atoms with Gasteiger partial charge in [0.05, 0.1) is 24.5 Å². The summed E-state index contributed by atoms with van der Waals surface area (Å²) >= 11 is 6.15. The Morgan fingerprint density at radius 2 is 1.88 bits per heavy atom. The third-order valence-electron chi connectivity index (χ3n) is 4.99. The molecule has 0 amide bonds. The smallest absolute Gasteiger partial charge is 0.437 e. The first-order valence-electron chi connectivity index (χ1n) is 9.63. The number of hydrogen-bond donors (Lipinski definition) is 0. The van der Waals surface area contributed by atoms with Crippen LogP contribution < -0.4 is 10.3 Å². The van der Waals surface area contributed by atoms with E-state index in [1.807, 2.05) is 0 Å². The molecule has 0 aliphatic heterocycles. The molecule has 0 saturated heterocycles. The van der Waals surface area contributed by atoms with Gasteiger partial charge in [-0.1, -0.05) is 11.6 Å². The maximum atomic E-state index is 13.6. The molecule has 3 aromatic rings. The number of nitrogens with zero attached hydrogens (tertiary/aromatic N) is 4. The van der Waals surface area contributed by atoms with Gasteiger partial charge in [-0.05, 0) is 44.5 Å². The van der Waals surface area contributed by atoms with Gasteiger partial charge in [-0.3, -0.25) is 9.36 Å².